The Kier molecular flexibility index (Phi) is 6.73. The number of nitrogens with one attached hydrogen (secondary N) is 2. The molecule has 9 nitrogen and oxygen atoms in total. The molecule has 0 spiro atoms. The molecule has 1 unspecified atom stereocenters. The predicted octanol–water partition coefficient (Wildman–Crippen LogP) is 6.20. The number of anilines is 3. The first-order valence-electron chi connectivity index (χ1n) is 13.1. The van der Waals surface area contributed by atoms with Crippen LogP contribution in [0.2, 0.25) is 0 Å². The second-order valence-electron chi connectivity index (χ2n) is 9.74. The molecule has 0 saturated carbocycles. The van der Waals surface area contributed by atoms with Crippen molar-refractivity contribution in [3.8, 4) is 11.3 Å². The van der Waals surface area contributed by atoms with E-state index in [1.807, 2.05) is 73.0 Å². The normalized spacial score (nSPS) is 15.3. The Bertz CT molecular complexity index is 1640. The van der Waals surface area contributed by atoms with Crippen LogP contribution in [0.5, 0.6) is 0 Å². The van der Waals surface area contributed by atoms with Gasteiger partial charge >= 0.3 is 0 Å². The maximum Gasteiger partial charge on any atom is 0.255 e. The first kappa shape index (κ1) is 24.7. The lowest BCUT2D eigenvalue weighted by atomic mass is 10.1. The van der Waals surface area contributed by atoms with Gasteiger partial charge in [-0.25, -0.2) is 19.9 Å². The largest absolute Gasteiger partial charge is 0.358 e. The van der Waals surface area contributed by atoms with Crippen molar-refractivity contribution >= 4 is 34.3 Å². The number of carbonyl (C=O) groups is 1. The summed E-state index contributed by atoms with van der Waals surface area (Å²) in [5.74, 6) is 0.468. The van der Waals surface area contributed by atoms with E-state index >= 15 is 0 Å². The number of nitrogens with zero attached hydrogens (tertiary/aromatic N) is 5. The Labute approximate surface area is 226 Å². The molecule has 196 valence electrons. The molecule has 39 heavy (non-hydrogen) atoms. The summed E-state index contributed by atoms with van der Waals surface area (Å²) in [7, 11) is 0. The van der Waals surface area contributed by atoms with E-state index < -0.39 is 0 Å². The Morgan fingerprint density at radius 3 is 2.69 bits per heavy atom. The summed E-state index contributed by atoms with van der Waals surface area (Å²) in [5.41, 5.74) is 7.14. The third-order valence-electron chi connectivity index (χ3n) is 6.95. The van der Waals surface area contributed by atoms with Gasteiger partial charge in [0.05, 0.1) is 6.33 Å². The van der Waals surface area contributed by atoms with Crippen molar-refractivity contribution in [3.63, 3.8) is 0 Å². The summed E-state index contributed by atoms with van der Waals surface area (Å²) < 4.78 is 7.97. The average Bonchev–Trinajstić information content (AvgIpc) is 3.40. The maximum atomic E-state index is 12.8. The Balaban J connectivity index is 1.30. The number of imidazole rings is 1. The quantitative estimate of drug-likeness (QED) is 0.275. The van der Waals surface area contributed by atoms with E-state index in [4.69, 9.17) is 4.74 Å². The minimum absolute atomic E-state index is 0.0708. The molecule has 9 heteroatoms. The van der Waals surface area contributed by atoms with Crippen molar-refractivity contribution in [3.05, 3.63) is 90.1 Å². The number of fused-ring (bicyclic) bond motifs is 1. The van der Waals surface area contributed by atoms with Gasteiger partial charge in [0.25, 0.3) is 5.91 Å². The molecule has 1 aliphatic rings. The highest BCUT2D eigenvalue weighted by atomic mass is 16.5. The van der Waals surface area contributed by atoms with Crippen molar-refractivity contribution in [1.29, 1.82) is 0 Å². The molecular weight excluding hydrogens is 490 g/mol. The van der Waals surface area contributed by atoms with Crippen LogP contribution in [0.3, 0.4) is 0 Å². The van der Waals surface area contributed by atoms with Gasteiger partial charge in [0.15, 0.2) is 5.65 Å². The lowest BCUT2D eigenvalue weighted by Gasteiger charge is -2.23. The molecule has 5 aromatic rings. The van der Waals surface area contributed by atoms with E-state index in [0.29, 0.717) is 28.3 Å². The SMILES string of the molecule is Cc1ccc(C(=O)Nc2ccc(C)c(Nc3ncccc3-c3ncnc4c3ncn4C3CCCCO3)c2)cc1. The maximum absolute atomic E-state index is 12.8. The van der Waals surface area contributed by atoms with Crippen LogP contribution in [0.25, 0.3) is 22.4 Å². The molecule has 3 aromatic heterocycles. The number of aromatic nitrogens is 5. The van der Waals surface area contributed by atoms with Crippen LogP contribution in [0.1, 0.15) is 47.0 Å². The van der Waals surface area contributed by atoms with Gasteiger partial charge in [-0.2, -0.15) is 0 Å². The van der Waals surface area contributed by atoms with Gasteiger partial charge in [-0.3, -0.25) is 9.36 Å². The molecule has 6 rings (SSSR count). The molecule has 0 radical (unpaired) electrons. The van der Waals surface area contributed by atoms with Gasteiger partial charge in [-0.05, 0) is 75.1 Å². The zero-order chi connectivity index (χ0) is 26.8. The van der Waals surface area contributed by atoms with Crippen molar-refractivity contribution < 1.29 is 9.53 Å². The van der Waals surface area contributed by atoms with Crippen LogP contribution in [0, 0.1) is 13.8 Å². The van der Waals surface area contributed by atoms with Crippen LogP contribution in [0.15, 0.2) is 73.4 Å². The van der Waals surface area contributed by atoms with E-state index in [1.54, 1.807) is 18.9 Å². The first-order valence-corrected chi connectivity index (χ1v) is 13.1. The van der Waals surface area contributed by atoms with Crippen molar-refractivity contribution in [2.24, 2.45) is 0 Å². The second-order valence-corrected chi connectivity index (χ2v) is 9.74. The predicted molar refractivity (Wildman–Crippen MR) is 151 cm³/mol. The standard InChI is InChI=1S/C30H29N7O2/c1-19-8-11-21(12-9-19)30(38)35-22-13-10-20(2)24(16-22)36-28-23(6-5-14-31-28)26-27-29(33-17-32-26)37(18-34-27)25-7-3-4-15-39-25/h5-6,8-14,16-18,25H,3-4,7,15H2,1-2H3,(H,31,36)(H,35,38). The highest BCUT2D eigenvalue weighted by Crippen LogP contribution is 2.34. The van der Waals surface area contributed by atoms with Crippen LogP contribution in [-0.2, 0) is 4.74 Å². The minimum atomic E-state index is -0.163. The number of hydrogen-bond acceptors (Lipinski definition) is 7. The average molecular weight is 520 g/mol. The third kappa shape index (κ3) is 5.08. The summed E-state index contributed by atoms with van der Waals surface area (Å²) in [6.45, 7) is 4.74. The fraction of sp³-hybridized carbons (Fsp3) is 0.233. The smallest absolute Gasteiger partial charge is 0.255 e. The number of rotatable bonds is 6. The molecule has 0 aliphatic carbocycles. The van der Waals surface area contributed by atoms with Gasteiger partial charge in [0.1, 0.15) is 29.6 Å². The van der Waals surface area contributed by atoms with Crippen LogP contribution in [0.4, 0.5) is 17.2 Å². The Morgan fingerprint density at radius 2 is 1.87 bits per heavy atom. The number of benzene rings is 2. The lowest BCUT2D eigenvalue weighted by Crippen LogP contribution is -2.17. The number of carbonyl (C=O) groups excluding carboxylic acids is 1. The monoisotopic (exact) mass is 519 g/mol. The molecule has 2 aromatic carbocycles. The van der Waals surface area contributed by atoms with Gasteiger partial charge in [-0.1, -0.05) is 23.8 Å². The van der Waals surface area contributed by atoms with E-state index in [2.05, 4.69) is 30.6 Å². The molecule has 0 bridgehead atoms. The summed E-state index contributed by atoms with van der Waals surface area (Å²) in [6, 6.07) is 17.1. The van der Waals surface area contributed by atoms with Crippen LogP contribution in [-0.4, -0.2) is 37.0 Å². The molecule has 1 amide bonds. The Morgan fingerprint density at radius 1 is 1.00 bits per heavy atom. The summed E-state index contributed by atoms with van der Waals surface area (Å²) in [4.78, 5) is 31.2. The molecular formula is C30H29N7O2. The van der Waals surface area contributed by atoms with E-state index in [1.165, 1.54) is 0 Å². The minimum Gasteiger partial charge on any atom is -0.358 e. The van der Waals surface area contributed by atoms with Crippen molar-refractivity contribution in [2.75, 3.05) is 17.2 Å². The molecule has 1 aliphatic heterocycles. The summed E-state index contributed by atoms with van der Waals surface area (Å²) in [6.07, 6.45) is 8.12. The highest BCUT2D eigenvalue weighted by molar-refractivity contribution is 6.04. The van der Waals surface area contributed by atoms with Gasteiger partial charge in [0.2, 0.25) is 0 Å². The molecule has 1 atom stereocenters. The summed E-state index contributed by atoms with van der Waals surface area (Å²) in [5, 5.41) is 6.44. The van der Waals surface area contributed by atoms with Crippen LogP contribution < -0.4 is 10.6 Å². The lowest BCUT2D eigenvalue weighted by molar-refractivity contribution is -0.0298. The fourth-order valence-electron chi connectivity index (χ4n) is 4.77. The molecule has 4 heterocycles. The van der Waals surface area contributed by atoms with Gasteiger partial charge in [-0.15, -0.1) is 0 Å². The first-order chi connectivity index (χ1) is 19.1. The van der Waals surface area contributed by atoms with Gasteiger partial charge in [0, 0.05) is 35.3 Å². The van der Waals surface area contributed by atoms with E-state index in [-0.39, 0.29) is 12.1 Å². The molecule has 2 N–H and O–H groups in total. The van der Waals surface area contributed by atoms with E-state index in [9.17, 15) is 4.79 Å². The van der Waals surface area contributed by atoms with Crippen LogP contribution >= 0.6 is 0 Å². The highest BCUT2D eigenvalue weighted by Gasteiger charge is 2.22. The van der Waals surface area contributed by atoms with E-state index in [0.717, 1.165) is 53.9 Å². The number of aryl methyl sites for hydroxylation is 2. The van der Waals surface area contributed by atoms with Gasteiger partial charge < -0.3 is 15.4 Å². The zero-order valence-electron chi connectivity index (χ0n) is 21.9. The number of amides is 1. The number of ether oxygens (including phenoxy) is 1. The molecule has 1 saturated heterocycles. The Hall–Kier alpha value is -4.63. The third-order valence-corrected chi connectivity index (χ3v) is 6.95. The zero-order valence-corrected chi connectivity index (χ0v) is 21.9. The topological polar surface area (TPSA) is 107 Å². The van der Waals surface area contributed by atoms with Crippen molar-refractivity contribution in [1.82, 2.24) is 24.5 Å². The second kappa shape index (κ2) is 10.6. The fourth-order valence-corrected chi connectivity index (χ4v) is 4.77. The van der Waals surface area contributed by atoms with Crippen molar-refractivity contribution in [2.45, 2.75) is 39.3 Å². The summed E-state index contributed by atoms with van der Waals surface area (Å²) >= 11 is 0. The molecule has 1 fully saturated rings. The number of pyridine rings is 1. The number of hydrogen-bond donors (Lipinski definition) is 2.